The number of aliphatic imine (C=N–C) groups is 1. The molecule has 3 aromatic rings. The lowest BCUT2D eigenvalue weighted by Crippen LogP contribution is -2.12. The fourth-order valence-corrected chi connectivity index (χ4v) is 5.35. The summed E-state index contributed by atoms with van der Waals surface area (Å²) in [5, 5.41) is 5.46. The zero-order chi connectivity index (χ0) is 17.9. The highest BCUT2D eigenvalue weighted by Crippen LogP contribution is 2.31. The van der Waals surface area contributed by atoms with Gasteiger partial charge in [0.2, 0.25) is 5.91 Å². The first-order valence-electron chi connectivity index (χ1n) is 8.87. The number of aromatic nitrogens is 1. The number of hydrogen-bond acceptors (Lipinski definition) is 4. The highest BCUT2D eigenvalue weighted by atomic mass is 32.2. The van der Waals surface area contributed by atoms with E-state index in [9.17, 15) is 4.79 Å². The van der Waals surface area contributed by atoms with Crippen LogP contribution < -0.4 is 5.32 Å². The van der Waals surface area contributed by atoms with E-state index in [1.54, 1.807) is 23.5 Å². The minimum absolute atomic E-state index is 0.0553. The summed E-state index contributed by atoms with van der Waals surface area (Å²) in [6, 6.07) is 14.6. The molecule has 4 rings (SSSR count). The summed E-state index contributed by atoms with van der Waals surface area (Å²) in [5.41, 5.74) is 3.30. The lowest BCUT2D eigenvalue weighted by molar-refractivity contribution is -0.115. The van der Waals surface area contributed by atoms with Crippen LogP contribution >= 0.6 is 23.5 Å². The first kappa shape index (κ1) is 17.5. The van der Waals surface area contributed by atoms with Crippen LogP contribution in [0.1, 0.15) is 13.3 Å². The van der Waals surface area contributed by atoms with Gasteiger partial charge in [0.05, 0.1) is 6.54 Å². The molecule has 2 heterocycles. The van der Waals surface area contributed by atoms with Crippen LogP contribution in [0.2, 0.25) is 0 Å². The molecule has 0 bridgehead atoms. The Morgan fingerprint density at radius 2 is 2.08 bits per heavy atom. The number of nitrogens with one attached hydrogen (secondary N) is 1. The van der Waals surface area contributed by atoms with Crippen molar-refractivity contribution < 1.29 is 4.79 Å². The van der Waals surface area contributed by atoms with Crippen LogP contribution in [0, 0.1) is 0 Å². The number of carbonyl (C=O) groups is 1. The highest BCUT2D eigenvalue weighted by Gasteiger charge is 2.12. The van der Waals surface area contributed by atoms with Crippen LogP contribution in [0.4, 0.5) is 5.69 Å². The number of fused-ring (bicyclic) bond motifs is 3. The average molecular weight is 384 g/mol. The van der Waals surface area contributed by atoms with Gasteiger partial charge in [0.1, 0.15) is 4.38 Å². The molecule has 1 aliphatic rings. The third-order valence-corrected chi connectivity index (χ3v) is 6.74. The Kier molecular flexibility index (Phi) is 5.22. The number of hydrogen-bond donors (Lipinski definition) is 1. The third kappa shape index (κ3) is 3.48. The molecule has 0 fully saturated rings. The number of rotatable bonds is 5. The number of benzene rings is 2. The summed E-state index contributed by atoms with van der Waals surface area (Å²) in [5.74, 6) is 1.90. The van der Waals surface area contributed by atoms with E-state index in [2.05, 4.69) is 58.2 Å². The van der Waals surface area contributed by atoms with Gasteiger partial charge in [-0.3, -0.25) is 9.79 Å². The van der Waals surface area contributed by atoms with Gasteiger partial charge in [-0.1, -0.05) is 41.7 Å². The van der Waals surface area contributed by atoms with Gasteiger partial charge < -0.3 is 9.88 Å². The van der Waals surface area contributed by atoms with Crippen LogP contribution in [-0.4, -0.2) is 32.9 Å². The summed E-state index contributed by atoms with van der Waals surface area (Å²) in [7, 11) is 0. The fourth-order valence-electron chi connectivity index (χ4n) is 3.33. The number of thioether (sulfide) groups is 2. The molecule has 0 aliphatic carbocycles. The third-order valence-electron chi connectivity index (χ3n) is 4.48. The zero-order valence-electron chi connectivity index (χ0n) is 14.7. The molecule has 6 heteroatoms. The van der Waals surface area contributed by atoms with Gasteiger partial charge in [0.25, 0.3) is 0 Å². The lowest BCUT2D eigenvalue weighted by atomic mass is 10.1. The van der Waals surface area contributed by atoms with E-state index in [-0.39, 0.29) is 5.91 Å². The van der Waals surface area contributed by atoms with Crippen molar-refractivity contribution in [3.8, 4) is 0 Å². The Hall–Kier alpha value is -1.92. The molecule has 1 N–H and O–H groups in total. The SMILES string of the molecule is CCn1c2ccccc2c2cc(NC(=O)CCSC3=NCCS3)ccc21. The van der Waals surface area contributed by atoms with Crippen molar-refractivity contribution >= 4 is 61.3 Å². The maximum absolute atomic E-state index is 12.3. The van der Waals surface area contributed by atoms with E-state index < -0.39 is 0 Å². The quantitative estimate of drug-likeness (QED) is 0.676. The van der Waals surface area contributed by atoms with Crippen LogP contribution in [0.3, 0.4) is 0 Å². The Morgan fingerprint density at radius 1 is 1.23 bits per heavy atom. The van der Waals surface area contributed by atoms with Gasteiger partial charge in [0.15, 0.2) is 0 Å². The van der Waals surface area contributed by atoms with Crippen molar-refractivity contribution in [1.29, 1.82) is 0 Å². The van der Waals surface area contributed by atoms with E-state index in [1.807, 2.05) is 6.07 Å². The zero-order valence-corrected chi connectivity index (χ0v) is 16.3. The van der Waals surface area contributed by atoms with Crippen LogP contribution in [0.5, 0.6) is 0 Å². The standard InChI is InChI=1S/C20H21N3OS2/c1-2-23-17-6-4-3-5-15(17)16-13-14(7-8-18(16)23)22-19(24)9-11-25-20-21-10-12-26-20/h3-8,13H,2,9-12H2,1H3,(H,22,24). The Bertz CT molecular complexity index is 993. The highest BCUT2D eigenvalue weighted by molar-refractivity contribution is 8.39. The van der Waals surface area contributed by atoms with E-state index in [4.69, 9.17) is 0 Å². The summed E-state index contributed by atoms with van der Waals surface area (Å²) in [6.07, 6.45) is 0.499. The summed E-state index contributed by atoms with van der Waals surface area (Å²) in [6.45, 7) is 3.99. The summed E-state index contributed by atoms with van der Waals surface area (Å²) >= 11 is 3.47. The molecule has 0 atom stereocenters. The predicted octanol–water partition coefficient (Wildman–Crippen LogP) is 4.98. The van der Waals surface area contributed by atoms with Crippen molar-refractivity contribution in [1.82, 2.24) is 4.57 Å². The first-order valence-corrected chi connectivity index (χ1v) is 10.8. The van der Waals surface area contributed by atoms with Crippen LogP contribution in [-0.2, 0) is 11.3 Å². The number of nitrogens with zero attached hydrogens (tertiary/aromatic N) is 2. The Balaban J connectivity index is 1.50. The molecule has 1 aromatic heterocycles. The summed E-state index contributed by atoms with van der Waals surface area (Å²) in [4.78, 5) is 16.7. The second-order valence-corrected chi connectivity index (χ2v) is 8.56. The Morgan fingerprint density at radius 3 is 2.88 bits per heavy atom. The maximum atomic E-state index is 12.3. The van der Waals surface area contributed by atoms with Crippen molar-refractivity contribution in [3.63, 3.8) is 0 Å². The van der Waals surface area contributed by atoms with Crippen molar-refractivity contribution in [3.05, 3.63) is 42.5 Å². The normalized spacial score (nSPS) is 14.1. The maximum Gasteiger partial charge on any atom is 0.225 e. The molecule has 0 saturated heterocycles. The molecule has 1 aliphatic heterocycles. The summed E-state index contributed by atoms with van der Waals surface area (Å²) < 4.78 is 3.43. The molecular formula is C20H21N3OS2. The van der Waals surface area contributed by atoms with Crippen molar-refractivity contribution in [2.24, 2.45) is 4.99 Å². The molecular weight excluding hydrogens is 362 g/mol. The van der Waals surface area contributed by atoms with Gasteiger partial charge in [-0.05, 0) is 31.2 Å². The van der Waals surface area contributed by atoms with E-state index in [1.165, 1.54) is 21.8 Å². The largest absolute Gasteiger partial charge is 0.341 e. The average Bonchev–Trinajstić information content (AvgIpc) is 3.27. The van der Waals surface area contributed by atoms with Gasteiger partial charge in [0, 0.05) is 52.0 Å². The Labute approximate surface area is 161 Å². The number of carbonyl (C=O) groups excluding carboxylic acids is 1. The second-order valence-electron chi connectivity index (χ2n) is 6.14. The fraction of sp³-hybridized carbons (Fsp3) is 0.300. The monoisotopic (exact) mass is 383 g/mol. The van der Waals surface area contributed by atoms with Crippen molar-refractivity contribution in [2.45, 2.75) is 19.9 Å². The topological polar surface area (TPSA) is 46.4 Å². The molecule has 0 radical (unpaired) electrons. The molecule has 0 spiro atoms. The molecule has 134 valence electrons. The minimum Gasteiger partial charge on any atom is -0.341 e. The van der Waals surface area contributed by atoms with E-state index in [0.29, 0.717) is 6.42 Å². The van der Waals surface area contributed by atoms with Gasteiger partial charge in [-0.15, -0.1) is 0 Å². The minimum atomic E-state index is 0.0553. The second kappa shape index (κ2) is 7.76. The number of amides is 1. The number of anilines is 1. The van der Waals surface area contributed by atoms with E-state index >= 15 is 0 Å². The number of para-hydroxylation sites is 1. The van der Waals surface area contributed by atoms with Crippen molar-refractivity contribution in [2.75, 3.05) is 23.4 Å². The molecule has 1 amide bonds. The van der Waals surface area contributed by atoms with Gasteiger partial charge in [-0.25, -0.2) is 0 Å². The van der Waals surface area contributed by atoms with Gasteiger partial charge >= 0.3 is 0 Å². The predicted molar refractivity (Wildman–Crippen MR) is 116 cm³/mol. The van der Waals surface area contributed by atoms with Gasteiger partial charge in [-0.2, -0.15) is 0 Å². The molecule has 2 aromatic carbocycles. The van der Waals surface area contributed by atoms with Crippen LogP contribution in [0.25, 0.3) is 21.8 Å². The first-order chi connectivity index (χ1) is 12.8. The van der Waals surface area contributed by atoms with E-state index in [0.717, 1.165) is 34.7 Å². The smallest absolute Gasteiger partial charge is 0.225 e. The lowest BCUT2D eigenvalue weighted by Gasteiger charge is -2.07. The molecule has 4 nitrogen and oxygen atoms in total. The molecule has 26 heavy (non-hydrogen) atoms. The molecule has 0 unspecified atom stereocenters. The van der Waals surface area contributed by atoms with Crippen LogP contribution in [0.15, 0.2) is 47.5 Å². The molecule has 0 saturated carbocycles. The number of aryl methyl sites for hydroxylation is 1.